The number of hydrogen-bond acceptors (Lipinski definition) is 2. The summed E-state index contributed by atoms with van der Waals surface area (Å²) in [6, 6.07) is 7.85. The maximum Gasteiger partial charge on any atom is 0.136 e. The van der Waals surface area contributed by atoms with Crippen LogP contribution in [0.2, 0.25) is 0 Å². The van der Waals surface area contributed by atoms with Crippen molar-refractivity contribution in [3.8, 4) is 0 Å². The first-order chi connectivity index (χ1) is 7.27. The van der Waals surface area contributed by atoms with E-state index in [1.54, 1.807) is 0 Å². The number of halogens is 1. The lowest BCUT2D eigenvalue weighted by molar-refractivity contribution is 0.0917. The van der Waals surface area contributed by atoms with Crippen LogP contribution in [0, 0.1) is 3.57 Å². The van der Waals surface area contributed by atoms with Crippen LogP contribution in [0.5, 0.6) is 0 Å². The lowest BCUT2D eigenvalue weighted by Gasteiger charge is -2.20. The van der Waals surface area contributed by atoms with Crippen molar-refractivity contribution < 1.29 is 9.84 Å². The maximum absolute atomic E-state index is 10.1. The number of rotatable bonds is 2. The molecule has 0 radical (unpaired) electrons. The van der Waals surface area contributed by atoms with Gasteiger partial charge in [0.15, 0.2) is 0 Å². The minimum atomic E-state index is -0.611. The fraction of sp³-hybridized carbons (Fsp3) is 0.333. The fourth-order valence-corrected chi connectivity index (χ4v) is 2.18. The highest BCUT2D eigenvalue weighted by Gasteiger charge is 2.16. The molecule has 0 aromatic heterocycles. The monoisotopic (exact) mass is 316 g/mol. The predicted molar refractivity (Wildman–Crippen MR) is 67.4 cm³/mol. The zero-order chi connectivity index (χ0) is 10.7. The number of aliphatic hydroxyl groups is 1. The molecule has 1 aliphatic rings. The van der Waals surface area contributed by atoms with Gasteiger partial charge in [0.1, 0.15) is 11.9 Å². The molecular formula is C12H13IO2. The molecule has 1 aromatic carbocycles. The zero-order valence-corrected chi connectivity index (χ0v) is 10.5. The van der Waals surface area contributed by atoms with Crippen LogP contribution in [0.1, 0.15) is 24.5 Å². The second kappa shape index (κ2) is 4.99. The van der Waals surface area contributed by atoms with E-state index in [2.05, 4.69) is 22.6 Å². The summed E-state index contributed by atoms with van der Waals surface area (Å²) in [5.41, 5.74) is 0.898. The van der Waals surface area contributed by atoms with Crippen molar-refractivity contribution >= 4 is 22.6 Å². The highest BCUT2D eigenvalue weighted by molar-refractivity contribution is 14.1. The van der Waals surface area contributed by atoms with Crippen molar-refractivity contribution in [2.24, 2.45) is 0 Å². The van der Waals surface area contributed by atoms with Gasteiger partial charge in [0, 0.05) is 3.57 Å². The highest BCUT2D eigenvalue weighted by atomic mass is 127. The van der Waals surface area contributed by atoms with Gasteiger partial charge in [0.25, 0.3) is 0 Å². The third-order valence-corrected chi connectivity index (χ3v) is 3.07. The first kappa shape index (κ1) is 11.0. The molecular weight excluding hydrogens is 303 g/mol. The van der Waals surface area contributed by atoms with Gasteiger partial charge in [0.2, 0.25) is 0 Å². The molecule has 2 rings (SSSR count). The van der Waals surface area contributed by atoms with Crippen LogP contribution >= 0.6 is 22.6 Å². The van der Waals surface area contributed by atoms with Gasteiger partial charge in [-0.05, 0) is 59.2 Å². The Labute approximate surface area is 103 Å². The summed E-state index contributed by atoms with van der Waals surface area (Å²) in [4.78, 5) is 0. The Hall–Kier alpha value is -0.550. The standard InChI is InChI=1S/C12H13IO2/c13-10-5-3-4-9(8-10)12(14)11-6-1-2-7-15-11/h3-6,8,12,14H,1-2,7H2. The van der Waals surface area contributed by atoms with Crippen LogP contribution in [-0.4, -0.2) is 11.7 Å². The first-order valence-corrected chi connectivity index (χ1v) is 6.11. The maximum atomic E-state index is 10.1. The first-order valence-electron chi connectivity index (χ1n) is 5.04. The molecule has 15 heavy (non-hydrogen) atoms. The summed E-state index contributed by atoms with van der Waals surface area (Å²) in [5, 5.41) is 10.1. The smallest absolute Gasteiger partial charge is 0.136 e. The molecule has 1 aliphatic heterocycles. The Morgan fingerprint density at radius 1 is 1.40 bits per heavy atom. The quantitative estimate of drug-likeness (QED) is 0.850. The third kappa shape index (κ3) is 2.72. The Morgan fingerprint density at radius 3 is 2.93 bits per heavy atom. The largest absolute Gasteiger partial charge is 0.495 e. The lowest BCUT2D eigenvalue weighted by atomic mass is 10.1. The molecule has 3 heteroatoms. The third-order valence-electron chi connectivity index (χ3n) is 2.40. The number of ether oxygens (including phenoxy) is 1. The zero-order valence-electron chi connectivity index (χ0n) is 8.32. The summed E-state index contributed by atoms with van der Waals surface area (Å²) in [7, 11) is 0. The minimum Gasteiger partial charge on any atom is -0.495 e. The van der Waals surface area contributed by atoms with Crippen LogP contribution in [0.4, 0.5) is 0 Å². The van der Waals surface area contributed by atoms with Gasteiger partial charge in [-0.1, -0.05) is 12.1 Å². The molecule has 1 heterocycles. The molecule has 2 nitrogen and oxygen atoms in total. The van der Waals surface area contributed by atoms with Crippen LogP contribution in [0.25, 0.3) is 0 Å². The van der Waals surface area contributed by atoms with E-state index in [-0.39, 0.29) is 0 Å². The van der Waals surface area contributed by atoms with Crippen molar-refractivity contribution in [2.45, 2.75) is 18.9 Å². The number of benzene rings is 1. The van der Waals surface area contributed by atoms with E-state index in [4.69, 9.17) is 4.74 Å². The molecule has 1 atom stereocenters. The molecule has 0 fully saturated rings. The van der Waals surface area contributed by atoms with Crippen molar-refractivity contribution in [3.05, 3.63) is 45.2 Å². The second-order valence-electron chi connectivity index (χ2n) is 3.55. The fourth-order valence-electron chi connectivity index (χ4n) is 1.61. The Bertz CT molecular complexity index is 374. The molecule has 1 N–H and O–H groups in total. The SMILES string of the molecule is OC(C1=CCCCO1)c1cccc(I)c1. The predicted octanol–water partition coefficient (Wildman–Crippen LogP) is 3.02. The van der Waals surface area contributed by atoms with Crippen molar-refractivity contribution in [3.63, 3.8) is 0 Å². The highest BCUT2D eigenvalue weighted by Crippen LogP contribution is 2.26. The van der Waals surface area contributed by atoms with Gasteiger partial charge in [-0.25, -0.2) is 0 Å². The lowest BCUT2D eigenvalue weighted by Crippen LogP contribution is -2.09. The van der Waals surface area contributed by atoms with Crippen molar-refractivity contribution in [2.75, 3.05) is 6.61 Å². The number of allylic oxidation sites excluding steroid dienone is 1. The average Bonchev–Trinajstić information content (AvgIpc) is 2.29. The summed E-state index contributed by atoms with van der Waals surface area (Å²) < 4.78 is 6.57. The van der Waals surface area contributed by atoms with Crippen LogP contribution in [0.15, 0.2) is 36.1 Å². The number of aliphatic hydroxyl groups excluding tert-OH is 1. The average molecular weight is 316 g/mol. The second-order valence-corrected chi connectivity index (χ2v) is 4.80. The van der Waals surface area contributed by atoms with Gasteiger partial charge in [-0.2, -0.15) is 0 Å². The van der Waals surface area contributed by atoms with E-state index in [1.807, 2.05) is 30.3 Å². The Morgan fingerprint density at radius 2 is 2.27 bits per heavy atom. The van der Waals surface area contributed by atoms with Gasteiger partial charge < -0.3 is 9.84 Å². The van der Waals surface area contributed by atoms with Crippen molar-refractivity contribution in [1.82, 2.24) is 0 Å². The topological polar surface area (TPSA) is 29.5 Å². The Kier molecular flexibility index (Phi) is 3.64. The van der Waals surface area contributed by atoms with Gasteiger partial charge in [0.05, 0.1) is 6.61 Å². The summed E-state index contributed by atoms with van der Waals surface area (Å²) >= 11 is 2.24. The molecule has 0 saturated heterocycles. The summed E-state index contributed by atoms with van der Waals surface area (Å²) in [6.07, 6.45) is 3.41. The van der Waals surface area contributed by atoms with Crippen molar-refractivity contribution in [1.29, 1.82) is 0 Å². The molecule has 1 unspecified atom stereocenters. The van der Waals surface area contributed by atoms with Crippen LogP contribution in [-0.2, 0) is 4.74 Å². The van der Waals surface area contributed by atoms with E-state index in [9.17, 15) is 5.11 Å². The van der Waals surface area contributed by atoms with Gasteiger partial charge in [-0.15, -0.1) is 0 Å². The van der Waals surface area contributed by atoms with Gasteiger partial charge in [-0.3, -0.25) is 0 Å². The van der Waals surface area contributed by atoms with E-state index < -0.39 is 6.10 Å². The summed E-state index contributed by atoms with van der Waals surface area (Å²) in [6.45, 7) is 0.715. The normalized spacial score (nSPS) is 17.9. The van der Waals surface area contributed by atoms with Crippen LogP contribution in [0.3, 0.4) is 0 Å². The van der Waals surface area contributed by atoms with E-state index >= 15 is 0 Å². The Balaban J connectivity index is 2.19. The van der Waals surface area contributed by atoms with E-state index in [0.29, 0.717) is 12.4 Å². The molecule has 1 aromatic rings. The number of hydrogen-bond donors (Lipinski definition) is 1. The molecule has 0 spiro atoms. The summed E-state index contributed by atoms with van der Waals surface area (Å²) in [5.74, 6) is 0.697. The molecule has 0 bridgehead atoms. The molecule has 0 aliphatic carbocycles. The molecule has 80 valence electrons. The van der Waals surface area contributed by atoms with E-state index in [1.165, 1.54) is 0 Å². The van der Waals surface area contributed by atoms with Crippen LogP contribution < -0.4 is 0 Å². The molecule has 0 amide bonds. The van der Waals surface area contributed by atoms with E-state index in [0.717, 1.165) is 22.0 Å². The van der Waals surface area contributed by atoms with Gasteiger partial charge >= 0.3 is 0 Å². The molecule has 0 saturated carbocycles. The minimum absolute atomic E-state index is 0.611.